The Kier molecular flexibility index (Phi) is 8.75. The molecule has 0 aliphatic carbocycles. The molecule has 0 unspecified atom stereocenters. The number of hydrogen-bond acceptors (Lipinski definition) is 4. The number of nitrogens with zero attached hydrogens (tertiary/aromatic N) is 1. The predicted octanol–water partition coefficient (Wildman–Crippen LogP) is 7.24. The zero-order chi connectivity index (χ0) is 24.7. The van der Waals surface area contributed by atoms with E-state index in [4.69, 9.17) is 21.1 Å². The standard InChI is InChI=1S/C27H24BrClN2O3/c1-4-33-25-14-20(13-23(28)26(25)34-16-19-6-5-7-22(29)12-19)11-21(15-30)27(32)31-24-9-8-17(2)10-18(24)3/h5-14H,4,16H2,1-3H3,(H,31,32)/b21-11+. The number of hydrogen-bond donors (Lipinski definition) is 1. The lowest BCUT2D eigenvalue weighted by atomic mass is 10.1. The van der Waals surface area contributed by atoms with Crippen molar-refractivity contribution in [3.8, 4) is 17.6 Å². The first kappa shape index (κ1) is 25.4. The summed E-state index contributed by atoms with van der Waals surface area (Å²) < 4.78 is 12.4. The van der Waals surface area contributed by atoms with Gasteiger partial charge in [-0.05, 0) is 89.8 Å². The summed E-state index contributed by atoms with van der Waals surface area (Å²) in [5, 5.41) is 13.1. The van der Waals surface area contributed by atoms with Crippen LogP contribution in [-0.4, -0.2) is 12.5 Å². The van der Waals surface area contributed by atoms with Gasteiger partial charge in [0.05, 0.1) is 11.1 Å². The van der Waals surface area contributed by atoms with Crippen molar-refractivity contribution in [3.63, 3.8) is 0 Å². The van der Waals surface area contributed by atoms with Crippen LogP contribution in [0.15, 0.2) is 64.6 Å². The van der Waals surface area contributed by atoms with E-state index in [1.807, 2.05) is 63.2 Å². The van der Waals surface area contributed by atoms with Crippen LogP contribution in [0.25, 0.3) is 6.08 Å². The molecule has 0 aliphatic heterocycles. The highest BCUT2D eigenvalue weighted by molar-refractivity contribution is 9.10. The minimum Gasteiger partial charge on any atom is -0.490 e. The molecule has 3 aromatic rings. The number of nitrogens with one attached hydrogen (secondary N) is 1. The number of anilines is 1. The average Bonchev–Trinajstić information content (AvgIpc) is 2.79. The molecule has 0 spiro atoms. The molecule has 0 aromatic heterocycles. The van der Waals surface area contributed by atoms with E-state index in [0.717, 1.165) is 16.7 Å². The first-order valence-corrected chi connectivity index (χ1v) is 11.8. The van der Waals surface area contributed by atoms with Crippen LogP contribution in [0.5, 0.6) is 11.5 Å². The Bertz CT molecular complexity index is 1280. The zero-order valence-corrected chi connectivity index (χ0v) is 21.5. The van der Waals surface area contributed by atoms with Gasteiger partial charge in [-0.3, -0.25) is 4.79 Å². The molecule has 0 bridgehead atoms. The maximum atomic E-state index is 12.8. The molecule has 5 nitrogen and oxygen atoms in total. The fourth-order valence-electron chi connectivity index (χ4n) is 3.32. The third-order valence-corrected chi connectivity index (χ3v) is 5.73. The number of amides is 1. The van der Waals surface area contributed by atoms with Crippen LogP contribution in [-0.2, 0) is 11.4 Å². The fraction of sp³-hybridized carbons (Fsp3) is 0.185. The Hall–Kier alpha value is -3.27. The van der Waals surface area contributed by atoms with E-state index >= 15 is 0 Å². The van der Waals surface area contributed by atoms with Gasteiger partial charge in [0.2, 0.25) is 0 Å². The number of rotatable bonds is 8. The summed E-state index contributed by atoms with van der Waals surface area (Å²) in [6.45, 7) is 6.48. The Morgan fingerprint density at radius 2 is 1.94 bits per heavy atom. The normalized spacial score (nSPS) is 11.0. The van der Waals surface area contributed by atoms with Crippen molar-refractivity contribution >= 4 is 45.2 Å². The van der Waals surface area contributed by atoms with Crippen LogP contribution >= 0.6 is 27.5 Å². The van der Waals surface area contributed by atoms with Crippen molar-refractivity contribution in [1.29, 1.82) is 5.26 Å². The lowest BCUT2D eigenvalue weighted by Gasteiger charge is -2.15. The van der Waals surface area contributed by atoms with Crippen molar-refractivity contribution in [1.82, 2.24) is 0 Å². The zero-order valence-electron chi connectivity index (χ0n) is 19.1. The molecule has 3 rings (SSSR count). The monoisotopic (exact) mass is 538 g/mol. The van der Waals surface area contributed by atoms with Gasteiger partial charge in [0.1, 0.15) is 18.2 Å². The van der Waals surface area contributed by atoms with Crippen LogP contribution in [0.4, 0.5) is 5.69 Å². The fourth-order valence-corrected chi connectivity index (χ4v) is 4.10. The second-order valence-electron chi connectivity index (χ2n) is 7.62. The molecule has 0 radical (unpaired) electrons. The van der Waals surface area contributed by atoms with Gasteiger partial charge in [0, 0.05) is 10.7 Å². The van der Waals surface area contributed by atoms with Gasteiger partial charge in [-0.25, -0.2) is 0 Å². The average molecular weight is 540 g/mol. The number of aryl methyl sites for hydroxylation is 2. The molecule has 0 fully saturated rings. The number of benzene rings is 3. The minimum atomic E-state index is -0.482. The minimum absolute atomic E-state index is 0.0260. The third-order valence-electron chi connectivity index (χ3n) is 4.91. The summed E-state index contributed by atoms with van der Waals surface area (Å²) in [7, 11) is 0. The van der Waals surface area contributed by atoms with E-state index in [2.05, 4.69) is 21.2 Å². The number of nitriles is 1. The quantitative estimate of drug-likeness (QED) is 0.242. The molecule has 174 valence electrons. The predicted molar refractivity (Wildman–Crippen MR) is 139 cm³/mol. The van der Waals surface area contributed by atoms with E-state index in [-0.39, 0.29) is 5.57 Å². The van der Waals surface area contributed by atoms with Crippen molar-refractivity contribution in [2.24, 2.45) is 0 Å². The first-order chi connectivity index (χ1) is 16.3. The van der Waals surface area contributed by atoms with Crippen molar-refractivity contribution in [2.45, 2.75) is 27.4 Å². The lowest BCUT2D eigenvalue weighted by molar-refractivity contribution is -0.112. The van der Waals surface area contributed by atoms with E-state index in [1.165, 1.54) is 6.08 Å². The van der Waals surface area contributed by atoms with Crippen LogP contribution in [0, 0.1) is 25.2 Å². The molecule has 0 aliphatic rings. The second kappa shape index (κ2) is 11.7. The SMILES string of the molecule is CCOc1cc(/C=C(\C#N)C(=O)Nc2ccc(C)cc2C)cc(Br)c1OCc1cccc(Cl)c1. The molecule has 1 N–H and O–H groups in total. The molecule has 1 amide bonds. The van der Waals surface area contributed by atoms with Crippen molar-refractivity contribution < 1.29 is 14.3 Å². The third kappa shape index (κ3) is 6.63. The topological polar surface area (TPSA) is 71.3 Å². The molecule has 3 aromatic carbocycles. The van der Waals surface area contributed by atoms with Gasteiger partial charge in [-0.1, -0.05) is 41.4 Å². The maximum Gasteiger partial charge on any atom is 0.266 e. The maximum absolute atomic E-state index is 12.8. The van der Waals surface area contributed by atoms with Crippen molar-refractivity contribution in [3.05, 3.63) is 91.9 Å². The van der Waals surface area contributed by atoms with E-state index in [9.17, 15) is 10.1 Å². The largest absolute Gasteiger partial charge is 0.490 e. The van der Waals surface area contributed by atoms with Gasteiger partial charge < -0.3 is 14.8 Å². The molecule has 0 saturated carbocycles. The second-order valence-corrected chi connectivity index (χ2v) is 8.91. The Morgan fingerprint density at radius 1 is 1.15 bits per heavy atom. The van der Waals surface area contributed by atoms with Gasteiger partial charge in [-0.15, -0.1) is 0 Å². The number of carbonyl (C=O) groups is 1. The van der Waals surface area contributed by atoms with E-state index in [0.29, 0.717) is 45.5 Å². The number of ether oxygens (including phenoxy) is 2. The highest BCUT2D eigenvalue weighted by atomic mass is 79.9. The highest BCUT2D eigenvalue weighted by Gasteiger charge is 2.15. The summed E-state index contributed by atoms with van der Waals surface area (Å²) in [6, 6.07) is 18.6. The number of halogens is 2. The molecule has 7 heteroatoms. The van der Waals surface area contributed by atoms with Gasteiger partial charge >= 0.3 is 0 Å². The Labute approximate surface area is 213 Å². The van der Waals surface area contributed by atoms with E-state index < -0.39 is 5.91 Å². The highest BCUT2D eigenvalue weighted by Crippen LogP contribution is 2.38. The summed E-state index contributed by atoms with van der Waals surface area (Å²) >= 11 is 9.59. The lowest BCUT2D eigenvalue weighted by Crippen LogP contribution is -2.14. The molecule has 0 saturated heterocycles. The summed E-state index contributed by atoms with van der Waals surface area (Å²) in [5.41, 5.74) is 4.20. The van der Waals surface area contributed by atoms with Crippen LogP contribution in [0.3, 0.4) is 0 Å². The van der Waals surface area contributed by atoms with Gasteiger partial charge in [0.15, 0.2) is 11.5 Å². The molecular weight excluding hydrogens is 516 g/mol. The first-order valence-electron chi connectivity index (χ1n) is 10.6. The number of carbonyl (C=O) groups excluding carboxylic acids is 1. The Morgan fingerprint density at radius 3 is 2.62 bits per heavy atom. The van der Waals surface area contributed by atoms with Crippen molar-refractivity contribution in [2.75, 3.05) is 11.9 Å². The van der Waals surface area contributed by atoms with Crippen LogP contribution in [0.1, 0.15) is 29.2 Å². The molecular formula is C27H24BrClN2O3. The summed E-state index contributed by atoms with van der Waals surface area (Å²) in [5.74, 6) is 0.541. The summed E-state index contributed by atoms with van der Waals surface area (Å²) in [4.78, 5) is 12.8. The van der Waals surface area contributed by atoms with Gasteiger partial charge in [-0.2, -0.15) is 5.26 Å². The Balaban J connectivity index is 1.86. The van der Waals surface area contributed by atoms with Crippen LogP contribution in [0.2, 0.25) is 5.02 Å². The molecule has 0 atom stereocenters. The smallest absolute Gasteiger partial charge is 0.266 e. The molecule has 0 heterocycles. The molecule has 34 heavy (non-hydrogen) atoms. The summed E-state index contributed by atoms with van der Waals surface area (Å²) in [6.07, 6.45) is 1.52. The van der Waals surface area contributed by atoms with Crippen LogP contribution < -0.4 is 14.8 Å². The van der Waals surface area contributed by atoms with Gasteiger partial charge in [0.25, 0.3) is 5.91 Å². The van der Waals surface area contributed by atoms with E-state index in [1.54, 1.807) is 18.2 Å².